The van der Waals surface area contributed by atoms with Crippen LogP contribution in [0, 0.1) is 5.41 Å². The van der Waals surface area contributed by atoms with Crippen molar-refractivity contribution < 1.29 is 10.2 Å². The summed E-state index contributed by atoms with van der Waals surface area (Å²) < 4.78 is 0. The van der Waals surface area contributed by atoms with Gasteiger partial charge in [0.25, 0.3) is 0 Å². The van der Waals surface area contributed by atoms with Gasteiger partial charge < -0.3 is 15.9 Å². The summed E-state index contributed by atoms with van der Waals surface area (Å²) in [5.41, 5.74) is 12.7. The molecule has 0 unspecified atom stereocenters. The van der Waals surface area contributed by atoms with Crippen LogP contribution in [0.2, 0.25) is 0 Å². The van der Waals surface area contributed by atoms with Crippen molar-refractivity contribution in [3.05, 3.63) is 59.7 Å². The Kier molecular flexibility index (Phi) is 5.18. The second-order valence-corrected chi connectivity index (χ2v) is 4.65. The van der Waals surface area contributed by atoms with E-state index in [9.17, 15) is 10.2 Å². The van der Waals surface area contributed by atoms with Gasteiger partial charge in [0.2, 0.25) is 5.96 Å². The molecule has 7 nitrogen and oxygen atoms in total. The normalized spacial score (nSPS) is 10.4. The fourth-order valence-corrected chi connectivity index (χ4v) is 1.88. The fraction of sp³-hybridized carbons (Fsp3) is 0.133. The van der Waals surface area contributed by atoms with Crippen LogP contribution in [0.3, 0.4) is 0 Å². The van der Waals surface area contributed by atoms with Gasteiger partial charge in [-0.1, -0.05) is 36.4 Å². The molecule has 7 N–H and O–H groups in total. The van der Waals surface area contributed by atoms with E-state index in [2.05, 4.69) is 10.9 Å². The molecule has 0 atom stereocenters. The summed E-state index contributed by atoms with van der Waals surface area (Å²) in [5.74, 6) is 0.101. The first-order valence-electron chi connectivity index (χ1n) is 6.73. The van der Waals surface area contributed by atoms with E-state index in [-0.39, 0.29) is 17.5 Å². The maximum atomic E-state index is 9.71. The Bertz CT molecular complexity index is 598. The second kappa shape index (κ2) is 7.30. The molecule has 0 heterocycles. The van der Waals surface area contributed by atoms with Crippen LogP contribution >= 0.6 is 0 Å². The zero-order valence-electron chi connectivity index (χ0n) is 12.0. The Morgan fingerprint density at radius 1 is 0.909 bits per heavy atom. The molecule has 116 valence electrons. The minimum absolute atomic E-state index is 0.166. The van der Waals surface area contributed by atoms with Gasteiger partial charge in [0.15, 0.2) is 0 Å². The van der Waals surface area contributed by atoms with E-state index in [1.165, 1.54) is 5.12 Å². The number of hydrogen-bond donors (Lipinski definition) is 6. The zero-order chi connectivity index (χ0) is 15.9. The maximum absolute atomic E-state index is 9.71. The number of phenols is 2. The molecular formula is C15H19N5O2. The first-order chi connectivity index (χ1) is 10.6. The topological polar surface area (TPSA) is 118 Å². The van der Waals surface area contributed by atoms with E-state index in [1.54, 1.807) is 36.4 Å². The van der Waals surface area contributed by atoms with Crippen molar-refractivity contribution in [1.29, 1.82) is 5.41 Å². The molecule has 0 aliphatic rings. The molecule has 0 bridgehead atoms. The Labute approximate surface area is 128 Å². The summed E-state index contributed by atoms with van der Waals surface area (Å²) in [7, 11) is 0. The van der Waals surface area contributed by atoms with Crippen LogP contribution in [0.5, 0.6) is 11.5 Å². The van der Waals surface area contributed by atoms with E-state index in [1.807, 2.05) is 12.1 Å². The van der Waals surface area contributed by atoms with Gasteiger partial charge >= 0.3 is 0 Å². The largest absolute Gasteiger partial charge is 0.508 e. The molecule has 0 amide bonds. The number of aromatic hydroxyl groups is 2. The summed E-state index contributed by atoms with van der Waals surface area (Å²) in [6, 6.07) is 13.8. The minimum Gasteiger partial charge on any atom is -0.508 e. The predicted molar refractivity (Wildman–Crippen MR) is 83.6 cm³/mol. The van der Waals surface area contributed by atoms with Gasteiger partial charge in [0, 0.05) is 24.2 Å². The van der Waals surface area contributed by atoms with Crippen LogP contribution < -0.4 is 16.6 Å². The number of nitrogens with two attached hydrogens (primary N) is 1. The molecule has 0 spiro atoms. The number of hydrazine groups is 2. The maximum Gasteiger partial charge on any atom is 0.218 e. The fourth-order valence-electron chi connectivity index (χ4n) is 1.88. The zero-order valence-corrected chi connectivity index (χ0v) is 12.0. The van der Waals surface area contributed by atoms with E-state index >= 15 is 0 Å². The molecule has 0 saturated carbocycles. The summed E-state index contributed by atoms with van der Waals surface area (Å²) >= 11 is 0. The van der Waals surface area contributed by atoms with Crippen molar-refractivity contribution >= 4 is 5.96 Å². The number of nitrogens with zero attached hydrogens (tertiary/aromatic N) is 1. The quantitative estimate of drug-likeness (QED) is 0.269. The molecule has 0 aliphatic carbocycles. The summed E-state index contributed by atoms with van der Waals surface area (Å²) in [5, 5.41) is 28.2. The summed E-state index contributed by atoms with van der Waals surface area (Å²) in [4.78, 5) is 0. The third kappa shape index (κ3) is 4.11. The molecule has 2 aromatic rings. The molecule has 7 heteroatoms. The van der Waals surface area contributed by atoms with Gasteiger partial charge in [0.05, 0.1) is 0 Å². The van der Waals surface area contributed by atoms with E-state index in [4.69, 9.17) is 11.1 Å². The minimum atomic E-state index is -0.231. The SMILES string of the molecule is N=C(N)N(NCc1ccccc1O)NCc1ccccc1O. The lowest BCUT2D eigenvalue weighted by atomic mass is 10.2. The van der Waals surface area contributed by atoms with Gasteiger partial charge in [-0.2, -0.15) is 0 Å². The van der Waals surface area contributed by atoms with Gasteiger partial charge in [-0.15, -0.1) is 0 Å². The van der Waals surface area contributed by atoms with Crippen molar-refractivity contribution in [2.24, 2.45) is 5.73 Å². The first kappa shape index (κ1) is 15.6. The van der Waals surface area contributed by atoms with Crippen molar-refractivity contribution in [3.63, 3.8) is 0 Å². The number of guanidine groups is 1. The molecule has 0 aliphatic heterocycles. The van der Waals surface area contributed by atoms with Crippen LogP contribution in [0.1, 0.15) is 11.1 Å². The van der Waals surface area contributed by atoms with E-state index in [0.717, 1.165) is 0 Å². The average Bonchev–Trinajstić information content (AvgIpc) is 2.50. The Morgan fingerprint density at radius 2 is 1.32 bits per heavy atom. The van der Waals surface area contributed by atoms with Gasteiger partial charge in [0.1, 0.15) is 11.5 Å². The first-order valence-corrected chi connectivity index (χ1v) is 6.73. The number of para-hydroxylation sites is 2. The lowest BCUT2D eigenvalue weighted by Crippen LogP contribution is -2.53. The highest BCUT2D eigenvalue weighted by atomic mass is 16.3. The summed E-state index contributed by atoms with van der Waals surface area (Å²) in [6.07, 6.45) is 0. The molecule has 0 radical (unpaired) electrons. The van der Waals surface area contributed by atoms with Crippen LogP contribution in [0.25, 0.3) is 0 Å². The molecule has 22 heavy (non-hydrogen) atoms. The highest BCUT2D eigenvalue weighted by Gasteiger charge is 2.08. The van der Waals surface area contributed by atoms with Crippen LogP contribution in [0.15, 0.2) is 48.5 Å². The van der Waals surface area contributed by atoms with Crippen molar-refractivity contribution in [2.75, 3.05) is 0 Å². The number of benzene rings is 2. The Balaban J connectivity index is 1.95. The van der Waals surface area contributed by atoms with Crippen molar-refractivity contribution in [3.8, 4) is 11.5 Å². The third-order valence-corrected chi connectivity index (χ3v) is 3.08. The standard InChI is InChI=1S/C15H19N5O2/c16-15(17)20(18-9-11-5-1-3-7-13(11)21)19-10-12-6-2-4-8-14(12)22/h1-8,18-19,21-22H,9-10H2,(H3,16,17). The average molecular weight is 301 g/mol. The number of rotatable bonds is 6. The van der Waals surface area contributed by atoms with Crippen molar-refractivity contribution in [2.45, 2.75) is 13.1 Å². The predicted octanol–water partition coefficient (Wildman–Crippen LogP) is 1.00. The molecule has 2 rings (SSSR count). The van der Waals surface area contributed by atoms with E-state index in [0.29, 0.717) is 24.2 Å². The molecule has 0 fully saturated rings. The Morgan fingerprint density at radius 3 is 1.68 bits per heavy atom. The highest BCUT2D eigenvalue weighted by molar-refractivity contribution is 5.73. The second-order valence-electron chi connectivity index (χ2n) is 4.65. The Hall–Kier alpha value is -2.77. The molecule has 0 aromatic heterocycles. The monoisotopic (exact) mass is 301 g/mol. The van der Waals surface area contributed by atoms with E-state index < -0.39 is 0 Å². The van der Waals surface area contributed by atoms with Gasteiger partial charge in [-0.25, -0.2) is 16.0 Å². The summed E-state index contributed by atoms with van der Waals surface area (Å²) in [6.45, 7) is 0.583. The molecule has 0 saturated heterocycles. The molecular weight excluding hydrogens is 282 g/mol. The lowest BCUT2D eigenvalue weighted by Gasteiger charge is -2.24. The van der Waals surface area contributed by atoms with Gasteiger partial charge in [-0.05, 0) is 12.1 Å². The van der Waals surface area contributed by atoms with Crippen LogP contribution in [-0.2, 0) is 13.1 Å². The van der Waals surface area contributed by atoms with Gasteiger partial charge in [-0.3, -0.25) is 5.41 Å². The highest BCUT2D eigenvalue weighted by Crippen LogP contribution is 2.16. The molecule has 2 aromatic carbocycles. The van der Waals surface area contributed by atoms with Crippen LogP contribution in [0.4, 0.5) is 0 Å². The number of hydrogen-bond acceptors (Lipinski definition) is 5. The smallest absolute Gasteiger partial charge is 0.218 e. The number of nitrogens with one attached hydrogen (secondary N) is 3. The number of phenolic OH excluding ortho intramolecular Hbond substituents is 2. The van der Waals surface area contributed by atoms with Crippen molar-refractivity contribution in [1.82, 2.24) is 16.0 Å². The lowest BCUT2D eigenvalue weighted by molar-refractivity contribution is 0.206. The van der Waals surface area contributed by atoms with Crippen LogP contribution in [-0.4, -0.2) is 21.3 Å². The third-order valence-electron chi connectivity index (χ3n) is 3.08.